The molecule has 0 unspecified atom stereocenters. The van der Waals surface area contributed by atoms with E-state index in [9.17, 15) is 18.0 Å². The van der Waals surface area contributed by atoms with Gasteiger partial charge in [0.15, 0.2) is 0 Å². The largest absolute Gasteiger partial charge is 0.416 e. The summed E-state index contributed by atoms with van der Waals surface area (Å²) in [6, 6.07) is 9.94. The Morgan fingerprint density at radius 3 is 2.48 bits per heavy atom. The van der Waals surface area contributed by atoms with Crippen LogP contribution in [0.3, 0.4) is 0 Å². The zero-order chi connectivity index (χ0) is 28.3. The fourth-order valence-electron chi connectivity index (χ4n) is 5.01. The molecule has 0 radical (unpaired) electrons. The number of Topliss-reactive ketones (excluding diaryl/α,β-unsaturated/α-hetero) is 1. The van der Waals surface area contributed by atoms with E-state index in [0.29, 0.717) is 11.3 Å². The Bertz CT molecular complexity index is 1510. The fraction of sp³-hybridized carbons (Fsp3) is 0.344. The van der Waals surface area contributed by atoms with Crippen molar-refractivity contribution in [1.82, 2.24) is 19.8 Å². The van der Waals surface area contributed by atoms with Gasteiger partial charge in [-0.2, -0.15) is 13.2 Å². The van der Waals surface area contributed by atoms with E-state index in [1.807, 2.05) is 49.2 Å². The van der Waals surface area contributed by atoms with Gasteiger partial charge in [-0.05, 0) is 60.4 Å². The molecule has 1 aliphatic heterocycles. The normalized spacial score (nSPS) is 15.5. The molecule has 1 aromatic heterocycles. The number of halogens is 3. The van der Waals surface area contributed by atoms with E-state index in [1.54, 1.807) is 12.3 Å². The SMILES string of the molecule is Cc1ccc(CC(=O)Cc2ccc(CN3CCN(C)CC3)c(C(F)(F)F)c2)cc1C#Cc1cnc2c(n1)C=CC2. The van der Waals surface area contributed by atoms with E-state index < -0.39 is 11.7 Å². The average molecular weight is 545 g/mol. The minimum Gasteiger partial charge on any atom is -0.304 e. The lowest BCUT2D eigenvalue weighted by atomic mass is 9.96. The number of nitrogens with zero attached hydrogens (tertiary/aromatic N) is 4. The molecule has 0 spiro atoms. The van der Waals surface area contributed by atoms with E-state index in [-0.39, 0.29) is 30.7 Å². The topological polar surface area (TPSA) is 49.3 Å². The lowest BCUT2D eigenvalue weighted by Gasteiger charge is -2.33. The minimum absolute atomic E-state index is 0.0645. The third-order valence-electron chi connectivity index (χ3n) is 7.37. The molecule has 5 nitrogen and oxygen atoms in total. The van der Waals surface area contributed by atoms with Crippen molar-refractivity contribution in [3.8, 4) is 11.8 Å². The van der Waals surface area contributed by atoms with E-state index in [4.69, 9.17) is 0 Å². The molecule has 2 aromatic carbocycles. The molecule has 2 heterocycles. The first-order valence-corrected chi connectivity index (χ1v) is 13.4. The summed E-state index contributed by atoms with van der Waals surface area (Å²) in [6.45, 7) is 5.32. The second kappa shape index (κ2) is 11.7. The van der Waals surface area contributed by atoms with Crippen molar-refractivity contribution < 1.29 is 18.0 Å². The molecule has 8 heteroatoms. The summed E-state index contributed by atoms with van der Waals surface area (Å²) in [4.78, 5) is 26.0. The van der Waals surface area contributed by atoms with Crippen molar-refractivity contribution in [3.63, 3.8) is 0 Å². The molecular weight excluding hydrogens is 513 g/mol. The van der Waals surface area contributed by atoms with Gasteiger partial charge in [-0.15, -0.1) is 0 Å². The molecule has 1 saturated heterocycles. The highest BCUT2D eigenvalue weighted by Crippen LogP contribution is 2.33. The third kappa shape index (κ3) is 6.85. The van der Waals surface area contributed by atoms with Gasteiger partial charge in [-0.3, -0.25) is 14.7 Å². The van der Waals surface area contributed by atoms with Gasteiger partial charge in [0.2, 0.25) is 0 Å². The summed E-state index contributed by atoms with van der Waals surface area (Å²) in [5, 5.41) is 0. The third-order valence-corrected chi connectivity index (χ3v) is 7.37. The van der Waals surface area contributed by atoms with Crippen molar-refractivity contribution in [2.45, 2.75) is 38.9 Å². The number of carbonyl (C=O) groups excluding carboxylic acids is 1. The molecule has 206 valence electrons. The molecule has 0 saturated carbocycles. The summed E-state index contributed by atoms with van der Waals surface area (Å²) < 4.78 is 41.8. The van der Waals surface area contributed by atoms with Gasteiger partial charge in [0.05, 0.1) is 23.1 Å². The first-order chi connectivity index (χ1) is 19.1. The highest BCUT2D eigenvalue weighted by atomic mass is 19.4. The minimum atomic E-state index is -4.48. The highest BCUT2D eigenvalue weighted by Gasteiger charge is 2.34. The Balaban J connectivity index is 1.27. The van der Waals surface area contributed by atoms with Gasteiger partial charge in [0.25, 0.3) is 0 Å². The molecule has 1 aliphatic carbocycles. The Kier molecular flexibility index (Phi) is 8.15. The van der Waals surface area contributed by atoms with Crippen LogP contribution in [0, 0.1) is 18.8 Å². The van der Waals surface area contributed by atoms with Crippen LogP contribution in [-0.4, -0.2) is 58.8 Å². The number of allylic oxidation sites excluding steroid dienone is 1. The van der Waals surface area contributed by atoms with Crippen LogP contribution in [0.15, 0.2) is 48.7 Å². The van der Waals surface area contributed by atoms with Crippen molar-refractivity contribution in [2.24, 2.45) is 0 Å². The second-order valence-electron chi connectivity index (χ2n) is 10.6. The van der Waals surface area contributed by atoms with Crippen molar-refractivity contribution in [3.05, 3.63) is 99.1 Å². The molecule has 5 rings (SSSR count). The maximum Gasteiger partial charge on any atom is 0.416 e. The first-order valence-electron chi connectivity index (χ1n) is 13.4. The number of carbonyl (C=O) groups is 1. The van der Waals surface area contributed by atoms with Crippen molar-refractivity contribution in [2.75, 3.05) is 33.2 Å². The van der Waals surface area contributed by atoms with E-state index >= 15 is 0 Å². The summed E-state index contributed by atoms with van der Waals surface area (Å²) in [6.07, 6.45) is 1.96. The molecule has 2 aliphatic rings. The van der Waals surface area contributed by atoms with Gasteiger partial charge < -0.3 is 4.90 Å². The molecule has 3 aromatic rings. The Morgan fingerprint density at radius 2 is 1.73 bits per heavy atom. The number of fused-ring (bicyclic) bond motifs is 1. The van der Waals surface area contributed by atoms with Crippen LogP contribution in [0.4, 0.5) is 13.2 Å². The standard InChI is InChI=1S/C32H31F3N4O/c1-22-6-7-23(16-25(22)10-11-27-20-36-30-4-3-5-31(30)37-27)17-28(40)18-24-8-9-26(29(19-24)32(33,34)35)21-39-14-12-38(2)13-15-39/h3,5-9,16,19-20H,4,12-15,17-18,21H2,1-2H3. The number of alkyl halides is 3. The predicted molar refractivity (Wildman–Crippen MR) is 149 cm³/mol. The number of aromatic nitrogens is 2. The first kappa shape index (κ1) is 27.8. The van der Waals surface area contributed by atoms with Gasteiger partial charge in [-0.1, -0.05) is 36.3 Å². The van der Waals surface area contributed by atoms with Crippen molar-refractivity contribution >= 4 is 11.9 Å². The Morgan fingerprint density at radius 1 is 1.00 bits per heavy atom. The van der Waals surface area contributed by atoms with Crippen molar-refractivity contribution in [1.29, 1.82) is 0 Å². The van der Waals surface area contributed by atoms with Crippen LogP contribution in [-0.2, 0) is 36.8 Å². The molecule has 1 fully saturated rings. The van der Waals surface area contributed by atoms with Crippen LogP contribution < -0.4 is 0 Å². The number of hydrogen-bond donors (Lipinski definition) is 0. The van der Waals surface area contributed by atoms with E-state index in [1.165, 1.54) is 6.07 Å². The molecule has 40 heavy (non-hydrogen) atoms. The van der Waals surface area contributed by atoms with Gasteiger partial charge in [-0.25, -0.2) is 4.98 Å². The number of piperazine rings is 1. The Hall–Kier alpha value is -3.80. The number of ketones is 1. The zero-order valence-electron chi connectivity index (χ0n) is 22.7. The zero-order valence-corrected chi connectivity index (χ0v) is 22.7. The number of likely N-dealkylation sites (N-methyl/N-ethyl adjacent to an activating group) is 1. The summed E-state index contributed by atoms with van der Waals surface area (Å²) >= 11 is 0. The van der Waals surface area contributed by atoms with Crippen LogP contribution in [0.1, 0.15) is 50.5 Å². The lowest BCUT2D eigenvalue weighted by molar-refractivity contribution is -0.138. The summed E-state index contributed by atoms with van der Waals surface area (Å²) in [5.41, 5.74) is 4.82. The van der Waals surface area contributed by atoms with Crippen LogP contribution in [0.2, 0.25) is 0 Å². The molecular formula is C32H31F3N4O. The number of aryl methyl sites for hydroxylation is 1. The number of rotatable bonds is 6. The lowest BCUT2D eigenvalue weighted by Crippen LogP contribution is -2.44. The molecule has 0 amide bonds. The number of hydrogen-bond acceptors (Lipinski definition) is 5. The van der Waals surface area contributed by atoms with E-state index in [0.717, 1.165) is 66.7 Å². The second-order valence-corrected chi connectivity index (χ2v) is 10.6. The van der Waals surface area contributed by atoms with Gasteiger partial charge in [0.1, 0.15) is 11.5 Å². The number of benzene rings is 2. The van der Waals surface area contributed by atoms with Gasteiger partial charge >= 0.3 is 6.18 Å². The molecule has 0 N–H and O–H groups in total. The van der Waals surface area contributed by atoms with Crippen LogP contribution in [0.5, 0.6) is 0 Å². The van der Waals surface area contributed by atoms with Crippen LogP contribution >= 0.6 is 0 Å². The summed E-state index contributed by atoms with van der Waals surface area (Å²) in [5.74, 6) is 6.03. The van der Waals surface area contributed by atoms with Gasteiger partial charge in [0, 0.05) is 57.5 Å². The Labute approximate surface area is 232 Å². The quantitative estimate of drug-likeness (QED) is 0.415. The molecule has 0 bridgehead atoms. The maximum absolute atomic E-state index is 13.9. The fourth-order valence-corrected chi connectivity index (χ4v) is 5.01. The average Bonchev–Trinajstić information content (AvgIpc) is 3.38. The highest BCUT2D eigenvalue weighted by molar-refractivity contribution is 5.83. The predicted octanol–water partition coefficient (Wildman–Crippen LogP) is 4.87. The van der Waals surface area contributed by atoms with E-state index in [2.05, 4.69) is 26.7 Å². The smallest absolute Gasteiger partial charge is 0.304 e. The summed E-state index contributed by atoms with van der Waals surface area (Å²) in [7, 11) is 2.01. The maximum atomic E-state index is 13.9. The van der Waals surface area contributed by atoms with Crippen LogP contribution in [0.25, 0.3) is 6.08 Å². The monoisotopic (exact) mass is 544 g/mol. The molecule has 0 atom stereocenters.